The van der Waals surface area contributed by atoms with E-state index in [2.05, 4.69) is 56.6 Å². The average molecular weight is 632 g/mol. The summed E-state index contributed by atoms with van der Waals surface area (Å²) in [4.78, 5) is 25.1. The van der Waals surface area contributed by atoms with Crippen LogP contribution in [0.1, 0.15) is 37.6 Å². The molecular weight excluding hydrogens is 590 g/mol. The van der Waals surface area contributed by atoms with Gasteiger partial charge in [0.05, 0.1) is 30.2 Å². The molecule has 1 fully saturated rings. The first-order valence-corrected chi connectivity index (χ1v) is 15.5. The van der Waals surface area contributed by atoms with E-state index in [4.69, 9.17) is 20.6 Å². The molecule has 1 aliphatic heterocycles. The standard InChI is InChI=1S/C24H29N7O2.C8H12N2OS/c1-27-18-4-6-19(7-5-18)30-24-21(23(26)28-16-29-24)22(25)17-2-8-20(9-3-17)33-15-12-31-10-13-32-14-11-31;1-8(2,3)6-4-12-7(10-6)9-5-11/h2-9,16,25,27H,10-15H2,1H3,(H3,26,28,29,30);4-5H,1-3H3,(H,9,10,11). The molecule has 13 heteroatoms. The van der Waals surface area contributed by atoms with E-state index < -0.39 is 0 Å². The first-order chi connectivity index (χ1) is 21.7. The van der Waals surface area contributed by atoms with E-state index in [-0.39, 0.29) is 16.9 Å². The van der Waals surface area contributed by atoms with Crippen molar-refractivity contribution in [1.29, 1.82) is 5.41 Å². The minimum Gasteiger partial charge on any atom is -0.492 e. The van der Waals surface area contributed by atoms with Gasteiger partial charge in [-0.1, -0.05) is 20.8 Å². The van der Waals surface area contributed by atoms with Crippen LogP contribution in [-0.4, -0.2) is 78.5 Å². The molecule has 0 bridgehead atoms. The van der Waals surface area contributed by atoms with E-state index in [9.17, 15) is 4.79 Å². The number of morpholine rings is 1. The zero-order valence-electron chi connectivity index (χ0n) is 26.1. The van der Waals surface area contributed by atoms with Gasteiger partial charge in [0.25, 0.3) is 0 Å². The smallest absolute Gasteiger partial charge is 0.213 e. The maximum absolute atomic E-state index is 10.1. The Balaban J connectivity index is 0.000000323. The molecule has 0 radical (unpaired) electrons. The molecule has 0 aliphatic carbocycles. The molecule has 6 N–H and O–H groups in total. The van der Waals surface area contributed by atoms with Gasteiger partial charge in [0, 0.05) is 54.4 Å². The largest absolute Gasteiger partial charge is 0.492 e. The second kappa shape index (κ2) is 15.9. The molecule has 2 aromatic heterocycles. The van der Waals surface area contributed by atoms with Gasteiger partial charge in [-0.25, -0.2) is 15.0 Å². The number of aromatic nitrogens is 3. The van der Waals surface area contributed by atoms with Gasteiger partial charge >= 0.3 is 0 Å². The topological polar surface area (TPSA) is 163 Å². The van der Waals surface area contributed by atoms with Crippen molar-refractivity contribution in [3.8, 4) is 5.75 Å². The van der Waals surface area contributed by atoms with Crippen molar-refractivity contribution in [2.24, 2.45) is 0 Å². The third kappa shape index (κ3) is 9.70. The van der Waals surface area contributed by atoms with Crippen LogP contribution in [0.5, 0.6) is 5.75 Å². The fraction of sp³-hybridized carbons (Fsp3) is 0.344. The first kappa shape index (κ1) is 33.3. The van der Waals surface area contributed by atoms with Crippen molar-refractivity contribution in [3.05, 3.63) is 77.1 Å². The maximum atomic E-state index is 10.1. The molecule has 0 saturated carbocycles. The molecule has 45 heavy (non-hydrogen) atoms. The Morgan fingerprint density at radius 2 is 1.78 bits per heavy atom. The number of nitrogens with two attached hydrogens (primary N) is 1. The highest BCUT2D eigenvalue weighted by atomic mass is 32.1. The van der Waals surface area contributed by atoms with Crippen LogP contribution in [-0.2, 0) is 14.9 Å². The zero-order valence-corrected chi connectivity index (χ0v) is 26.9. The fourth-order valence-corrected chi connectivity index (χ4v) is 5.21. The lowest BCUT2D eigenvalue weighted by Gasteiger charge is -2.26. The maximum Gasteiger partial charge on any atom is 0.213 e. The summed E-state index contributed by atoms with van der Waals surface area (Å²) in [5.74, 6) is 1.49. The van der Waals surface area contributed by atoms with Crippen LogP contribution in [0.4, 0.5) is 28.1 Å². The number of nitrogens with one attached hydrogen (secondary N) is 4. The Morgan fingerprint density at radius 3 is 2.40 bits per heavy atom. The van der Waals surface area contributed by atoms with E-state index in [1.807, 2.05) is 61.0 Å². The second-order valence-electron chi connectivity index (χ2n) is 11.2. The lowest BCUT2D eigenvalue weighted by molar-refractivity contribution is -0.105. The Bertz CT molecular complexity index is 1530. The molecule has 1 aliphatic rings. The first-order valence-electron chi connectivity index (χ1n) is 14.6. The normalized spacial score (nSPS) is 13.2. The molecule has 5 rings (SSSR count). The van der Waals surface area contributed by atoms with Crippen molar-refractivity contribution in [2.75, 3.05) is 68.2 Å². The molecule has 0 spiro atoms. The van der Waals surface area contributed by atoms with Gasteiger partial charge in [-0.15, -0.1) is 11.3 Å². The fourth-order valence-electron chi connectivity index (χ4n) is 4.31. The number of nitrogen functional groups attached to an aromatic ring is 1. The van der Waals surface area contributed by atoms with Crippen molar-refractivity contribution in [1.82, 2.24) is 19.9 Å². The number of hydrogen-bond donors (Lipinski definition) is 5. The van der Waals surface area contributed by atoms with Crippen LogP contribution < -0.4 is 26.4 Å². The highest BCUT2D eigenvalue weighted by molar-refractivity contribution is 7.13. The van der Waals surface area contributed by atoms with Crippen LogP contribution in [0, 0.1) is 5.41 Å². The summed E-state index contributed by atoms with van der Waals surface area (Å²) in [7, 11) is 1.87. The Hall–Kier alpha value is -4.59. The molecule has 2 aromatic carbocycles. The highest BCUT2D eigenvalue weighted by Gasteiger charge is 2.18. The molecule has 238 valence electrons. The van der Waals surface area contributed by atoms with Gasteiger partial charge in [0.1, 0.15) is 30.3 Å². The third-order valence-electron chi connectivity index (χ3n) is 6.94. The van der Waals surface area contributed by atoms with Crippen LogP contribution in [0.25, 0.3) is 0 Å². The number of carbonyl (C=O) groups is 1. The number of rotatable bonds is 11. The van der Waals surface area contributed by atoms with Gasteiger partial charge in [-0.05, 0) is 48.5 Å². The van der Waals surface area contributed by atoms with Crippen molar-refractivity contribution >= 4 is 51.6 Å². The molecule has 1 amide bonds. The third-order valence-corrected chi connectivity index (χ3v) is 7.71. The van der Waals surface area contributed by atoms with Gasteiger partial charge in [0.2, 0.25) is 6.41 Å². The Morgan fingerprint density at radius 1 is 1.09 bits per heavy atom. The van der Waals surface area contributed by atoms with Crippen molar-refractivity contribution < 1.29 is 14.3 Å². The van der Waals surface area contributed by atoms with E-state index in [1.54, 1.807) is 0 Å². The van der Waals surface area contributed by atoms with Gasteiger partial charge < -0.3 is 31.2 Å². The minimum atomic E-state index is 0.0549. The van der Waals surface area contributed by atoms with Crippen LogP contribution >= 0.6 is 11.3 Å². The van der Waals surface area contributed by atoms with Crippen LogP contribution in [0.2, 0.25) is 0 Å². The monoisotopic (exact) mass is 631 g/mol. The number of carbonyl (C=O) groups excluding carboxylic acids is 1. The van der Waals surface area contributed by atoms with Crippen molar-refractivity contribution in [2.45, 2.75) is 26.2 Å². The van der Waals surface area contributed by atoms with Crippen molar-refractivity contribution in [3.63, 3.8) is 0 Å². The average Bonchev–Trinajstić information content (AvgIpc) is 3.52. The molecule has 0 atom stereocenters. The van der Waals surface area contributed by atoms with Crippen LogP contribution in [0.3, 0.4) is 0 Å². The number of ether oxygens (including phenoxy) is 2. The van der Waals surface area contributed by atoms with E-state index in [1.165, 1.54) is 17.7 Å². The zero-order chi connectivity index (χ0) is 32.2. The SMILES string of the molecule is CC(C)(C)c1csc(NC=O)n1.CNc1ccc(Nc2ncnc(N)c2C(=N)c2ccc(OCCN3CCOCC3)cc2)cc1. The number of benzene rings is 2. The summed E-state index contributed by atoms with van der Waals surface area (Å²) in [5.41, 5.74) is 10.4. The summed E-state index contributed by atoms with van der Waals surface area (Å²) in [6.07, 6.45) is 2.03. The summed E-state index contributed by atoms with van der Waals surface area (Å²) in [6.45, 7) is 11.2. The van der Waals surface area contributed by atoms with Gasteiger partial charge in [-0.2, -0.15) is 0 Å². The number of thiazole rings is 1. The summed E-state index contributed by atoms with van der Waals surface area (Å²) < 4.78 is 11.2. The number of nitrogens with zero attached hydrogens (tertiary/aromatic N) is 4. The van der Waals surface area contributed by atoms with E-state index in [0.29, 0.717) is 35.1 Å². The predicted molar refractivity (Wildman–Crippen MR) is 181 cm³/mol. The molecule has 0 unspecified atom stereocenters. The summed E-state index contributed by atoms with van der Waals surface area (Å²) >= 11 is 1.45. The van der Waals surface area contributed by atoms with Gasteiger partial charge in [-0.3, -0.25) is 15.1 Å². The Kier molecular flexibility index (Phi) is 11.8. The van der Waals surface area contributed by atoms with E-state index in [0.717, 1.165) is 55.7 Å². The van der Waals surface area contributed by atoms with E-state index >= 15 is 0 Å². The second-order valence-corrected chi connectivity index (χ2v) is 12.0. The highest BCUT2D eigenvalue weighted by Crippen LogP contribution is 2.27. The van der Waals surface area contributed by atoms with Crippen LogP contribution in [0.15, 0.2) is 60.2 Å². The lowest BCUT2D eigenvalue weighted by atomic mass is 9.93. The summed E-state index contributed by atoms with van der Waals surface area (Å²) in [6, 6.07) is 15.2. The molecule has 3 heterocycles. The molecule has 4 aromatic rings. The number of hydrogen-bond acceptors (Lipinski definition) is 12. The molecule has 12 nitrogen and oxygen atoms in total. The lowest BCUT2D eigenvalue weighted by Crippen LogP contribution is -2.38. The minimum absolute atomic E-state index is 0.0549. The molecular formula is C32H41N9O3S. The molecule has 1 saturated heterocycles. The quantitative estimate of drug-likeness (QED) is 0.113. The van der Waals surface area contributed by atoms with Gasteiger partial charge in [0.15, 0.2) is 5.13 Å². The predicted octanol–water partition coefficient (Wildman–Crippen LogP) is 4.98. The number of amides is 1. The Labute approximate surface area is 267 Å². The summed E-state index contributed by atoms with van der Waals surface area (Å²) in [5, 5.41) is 20.2. The number of anilines is 5.